The van der Waals surface area contributed by atoms with Crippen LogP contribution in [0.3, 0.4) is 0 Å². The van der Waals surface area contributed by atoms with Gasteiger partial charge in [-0.25, -0.2) is 9.69 Å². The second kappa shape index (κ2) is 5.53. The fraction of sp³-hybridized carbons (Fsp3) is 0.800. The molecular formula is C15H24N4O3. The Labute approximate surface area is 130 Å². The zero-order valence-electron chi connectivity index (χ0n) is 13.2. The summed E-state index contributed by atoms with van der Waals surface area (Å²) < 4.78 is 0. The van der Waals surface area contributed by atoms with Gasteiger partial charge in [-0.3, -0.25) is 9.59 Å². The number of hydrogen-bond donors (Lipinski definition) is 2. The monoisotopic (exact) mass is 308 g/mol. The molecule has 0 bridgehead atoms. The highest BCUT2D eigenvalue weighted by molar-refractivity contribution is 6.10. The summed E-state index contributed by atoms with van der Waals surface area (Å²) in [5, 5.41) is 6.06. The number of rotatable bonds is 2. The van der Waals surface area contributed by atoms with Gasteiger partial charge < -0.3 is 15.5 Å². The second-order valence-corrected chi connectivity index (χ2v) is 6.66. The minimum Gasteiger partial charge on any atom is -0.336 e. The normalized spacial score (nSPS) is 29.1. The maximum Gasteiger partial charge on any atom is 0.325 e. The summed E-state index contributed by atoms with van der Waals surface area (Å²) in [6.07, 6.45) is 3.24. The number of piperazine rings is 1. The molecule has 2 N–H and O–H groups in total. The number of nitrogens with zero attached hydrogens (tertiary/aromatic N) is 2. The van der Waals surface area contributed by atoms with Gasteiger partial charge >= 0.3 is 6.03 Å². The van der Waals surface area contributed by atoms with E-state index in [1.807, 2.05) is 6.92 Å². The van der Waals surface area contributed by atoms with E-state index in [0.717, 1.165) is 30.8 Å². The van der Waals surface area contributed by atoms with Crippen molar-refractivity contribution in [2.24, 2.45) is 0 Å². The molecule has 2 aliphatic heterocycles. The molecule has 3 fully saturated rings. The van der Waals surface area contributed by atoms with Crippen LogP contribution in [0.4, 0.5) is 4.79 Å². The second-order valence-electron chi connectivity index (χ2n) is 6.66. The van der Waals surface area contributed by atoms with Crippen molar-refractivity contribution in [3.8, 4) is 0 Å². The van der Waals surface area contributed by atoms with Crippen LogP contribution < -0.4 is 10.6 Å². The number of nitrogens with one attached hydrogen (secondary N) is 2. The van der Waals surface area contributed by atoms with Gasteiger partial charge in [0.15, 0.2) is 0 Å². The molecule has 2 saturated heterocycles. The SMILES string of the molecule is CC(C(=O)N1CCNC[C@H]1C)N1C(=O)NC2(CCCC2)C1=O. The molecule has 3 aliphatic rings. The Balaban J connectivity index is 1.76. The Morgan fingerprint density at radius 1 is 1.32 bits per heavy atom. The Bertz CT molecular complexity index is 501. The predicted molar refractivity (Wildman–Crippen MR) is 80.1 cm³/mol. The highest BCUT2D eigenvalue weighted by atomic mass is 16.2. The lowest BCUT2D eigenvalue weighted by Crippen LogP contribution is -2.58. The van der Waals surface area contributed by atoms with Crippen molar-refractivity contribution in [2.75, 3.05) is 19.6 Å². The molecule has 7 heteroatoms. The Hall–Kier alpha value is -1.63. The minimum atomic E-state index is -0.749. The molecule has 0 aromatic heterocycles. The van der Waals surface area contributed by atoms with Crippen molar-refractivity contribution in [3.05, 3.63) is 0 Å². The maximum atomic E-state index is 12.7. The van der Waals surface area contributed by atoms with Gasteiger partial charge in [0.05, 0.1) is 0 Å². The zero-order chi connectivity index (χ0) is 15.9. The van der Waals surface area contributed by atoms with Crippen LogP contribution in [0.5, 0.6) is 0 Å². The van der Waals surface area contributed by atoms with Crippen LogP contribution in [-0.4, -0.2) is 64.9 Å². The fourth-order valence-electron chi connectivity index (χ4n) is 3.83. The first kappa shape index (κ1) is 15.3. The van der Waals surface area contributed by atoms with E-state index in [0.29, 0.717) is 19.4 Å². The van der Waals surface area contributed by atoms with Gasteiger partial charge in [0.2, 0.25) is 5.91 Å². The highest BCUT2D eigenvalue weighted by Crippen LogP contribution is 2.36. The summed E-state index contributed by atoms with van der Waals surface area (Å²) in [4.78, 5) is 40.6. The quantitative estimate of drug-likeness (QED) is 0.707. The van der Waals surface area contributed by atoms with E-state index in [9.17, 15) is 14.4 Å². The Kier molecular flexibility index (Phi) is 3.84. The summed E-state index contributed by atoms with van der Waals surface area (Å²) in [7, 11) is 0. The van der Waals surface area contributed by atoms with Crippen LogP contribution in [0.25, 0.3) is 0 Å². The van der Waals surface area contributed by atoms with Crippen molar-refractivity contribution < 1.29 is 14.4 Å². The average Bonchev–Trinajstić information content (AvgIpc) is 3.05. The van der Waals surface area contributed by atoms with Crippen LogP contribution >= 0.6 is 0 Å². The number of amides is 4. The summed E-state index contributed by atoms with van der Waals surface area (Å²) in [6.45, 7) is 5.72. The molecule has 1 aliphatic carbocycles. The molecule has 3 rings (SSSR count). The van der Waals surface area contributed by atoms with E-state index in [-0.39, 0.29) is 17.9 Å². The molecule has 0 aromatic carbocycles. The van der Waals surface area contributed by atoms with E-state index in [1.54, 1.807) is 11.8 Å². The molecule has 2 heterocycles. The highest BCUT2D eigenvalue weighted by Gasteiger charge is 2.54. The molecule has 0 radical (unpaired) electrons. The van der Waals surface area contributed by atoms with Crippen molar-refractivity contribution in [1.82, 2.24) is 20.4 Å². The van der Waals surface area contributed by atoms with Crippen molar-refractivity contribution in [1.29, 1.82) is 0 Å². The Morgan fingerprint density at radius 2 is 2.00 bits per heavy atom. The van der Waals surface area contributed by atoms with E-state index in [2.05, 4.69) is 10.6 Å². The summed E-state index contributed by atoms with van der Waals surface area (Å²) in [5.41, 5.74) is -0.749. The van der Waals surface area contributed by atoms with Crippen LogP contribution in [0, 0.1) is 0 Å². The van der Waals surface area contributed by atoms with Gasteiger partial charge in [0.25, 0.3) is 5.91 Å². The minimum absolute atomic E-state index is 0.0740. The standard InChI is InChI=1S/C15H24N4O3/c1-10-9-16-7-8-18(10)12(20)11(2)19-13(21)15(17-14(19)22)5-3-4-6-15/h10-11,16H,3-9H2,1-2H3,(H,17,22)/t10-,11?/m1/s1. The van der Waals surface area contributed by atoms with Crippen molar-refractivity contribution in [2.45, 2.75) is 57.2 Å². The number of hydrogen-bond acceptors (Lipinski definition) is 4. The summed E-state index contributed by atoms with van der Waals surface area (Å²) in [5.74, 6) is -0.369. The number of urea groups is 1. The van der Waals surface area contributed by atoms with E-state index < -0.39 is 17.6 Å². The number of carbonyl (C=O) groups is 3. The topological polar surface area (TPSA) is 81.8 Å². The lowest BCUT2D eigenvalue weighted by atomic mass is 9.97. The molecule has 0 aromatic rings. The van der Waals surface area contributed by atoms with E-state index in [1.165, 1.54) is 0 Å². The van der Waals surface area contributed by atoms with Crippen molar-refractivity contribution >= 4 is 17.8 Å². The van der Waals surface area contributed by atoms with Gasteiger partial charge in [-0.05, 0) is 26.7 Å². The largest absolute Gasteiger partial charge is 0.336 e. The van der Waals surface area contributed by atoms with Crippen LogP contribution in [0.2, 0.25) is 0 Å². The molecular weight excluding hydrogens is 284 g/mol. The van der Waals surface area contributed by atoms with Gasteiger partial charge in [-0.2, -0.15) is 0 Å². The van der Waals surface area contributed by atoms with E-state index >= 15 is 0 Å². The first-order valence-electron chi connectivity index (χ1n) is 8.13. The molecule has 1 spiro atoms. The molecule has 1 saturated carbocycles. The molecule has 122 valence electrons. The molecule has 2 atom stereocenters. The third-order valence-corrected chi connectivity index (χ3v) is 5.18. The number of imide groups is 1. The molecule has 1 unspecified atom stereocenters. The van der Waals surface area contributed by atoms with Gasteiger partial charge in [0, 0.05) is 25.7 Å². The lowest BCUT2D eigenvalue weighted by Gasteiger charge is -2.37. The summed E-state index contributed by atoms with van der Waals surface area (Å²) >= 11 is 0. The van der Waals surface area contributed by atoms with Crippen LogP contribution in [0.15, 0.2) is 0 Å². The smallest absolute Gasteiger partial charge is 0.325 e. The fourth-order valence-corrected chi connectivity index (χ4v) is 3.83. The maximum absolute atomic E-state index is 12.7. The first-order chi connectivity index (χ1) is 10.5. The molecule has 22 heavy (non-hydrogen) atoms. The van der Waals surface area contributed by atoms with Crippen LogP contribution in [0.1, 0.15) is 39.5 Å². The zero-order valence-corrected chi connectivity index (χ0v) is 13.2. The van der Waals surface area contributed by atoms with Gasteiger partial charge in [0.1, 0.15) is 11.6 Å². The number of carbonyl (C=O) groups excluding carboxylic acids is 3. The third-order valence-electron chi connectivity index (χ3n) is 5.18. The predicted octanol–water partition coefficient (Wildman–Crippen LogP) is 0.0598. The first-order valence-corrected chi connectivity index (χ1v) is 8.13. The van der Waals surface area contributed by atoms with Crippen molar-refractivity contribution in [3.63, 3.8) is 0 Å². The molecule has 7 nitrogen and oxygen atoms in total. The van der Waals surface area contributed by atoms with Crippen LogP contribution in [-0.2, 0) is 9.59 Å². The summed E-state index contributed by atoms with van der Waals surface area (Å²) in [6, 6.07) is -1.09. The van der Waals surface area contributed by atoms with E-state index in [4.69, 9.17) is 0 Å². The lowest BCUT2D eigenvalue weighted by molar-refractivity contribution is -0.144. The Morgan fingerprint density at radius 3 is 2.64 bits per heavy atom. The van der Waals surface area contributed by atoms with Gasteiger partial charge in [-0.1, -0.05) is 12.8 Å². The molecule has 4 amide bonds. The average molecular weight is 308 g/mol. The third kappa shape index (κ3) is 2.27. The van der Waals surface area contributed by atoms with Gasteiger partial charge in [-0.15, -0.1) is 0 Å².